The van der Waals surface area contributed by atoms with Crippen molar-refractivity contribution in [1.29, 1.82) is 0 Å². The molecule has 0 unspecified atom stereocenters. The second-order valence-corrected chi connectivity index (χ2v) is 4.55. The summed E-state index contributed by atoms with van der Waals surface area (Å²) in [5.41, 5.74) is 9.04. The minimum atomic E-state index is -0.458. The molecule has 0 saturated heterocycles. The fourth-order valence-corrected chi connectivity index (χ4v) is 2.21. The molecular weight excluding hydrogens is 254 g/mol. The lowest BCUT2D eigenvalue weighted by Crippen LogP contribution is -2.10. The van der Waals surface area contributed by atoms with E-state index in [-0.39, 0.29) is 6.61 Å². The molecule has 2 aromatic heterocycles. The third-order valence-electron chi connectivity index (χ3n) is 3.23. The minimum absolute atomic E-state index is 0.0606. The maximum atomic E-state index is 11.3. The third-order valence-corrected chi connectivity index (χ3v) is 3.23. The van der Waals surface area contributed by atoms with Crippen LogP contribution in [-0.4, -0.2) is 21.0 Å². The van der Waals surface area contributed by atoms with E-state index in [9.17, 15) is 9.90 Å². The minimum Gasteiger partial charge on any atom is -0.392 e. The van der Waals surface area contributed by atoms with E-state index in [1.165, 1.54) is 0 Å². The average Bonchev–Trinajstić information content (AvgIpc) is 2.90. The Bertz CT molecular complexity index is 793. The van der Waals surface area contributed by atoms with Crippen LogP contribution < -0.4 is 5.73 Å². The SMILES string of the molecule is NC(=O)c1cccc(-c2c[nH]c3ncc(CO)cc23)c1. The van der Waals surface area contributed by atoms with E-state index in [0.717, 1.165) is 27.7 Å². The lowest BCUT2D eigenvalue weighted by molar-refractivity contribution is 0.100. The molecule has 0 aliphatic heterocycles. The number of primary amides is 1. The molecule has 0 aliphatic rings. The number of amides is 1. The van der Waals surface area contributed by atoms with Gasteiger partial charge in [-0.25, -0.2) is 4.98 Å². The number of aromatic nitrogens is 2. The number of aliphatic hydroxyl groups excluding tert-OH is 1. The van der Waals surface area contributed by atoms with Gasteiger partial charge in [0.2, 0.25) is 5.91 Å². The summed E-state index contributed by atoms with van der Waals surface area (Å²) in [6.45, 7) is -0.0606. The Morgan fingerprint density at radius 3 is 2.95 bits per heavy atom. The van der Waals surface area contributed by atoms with E-state index in [0.29, 0.717) is 5.56 Å². The van der Waals surface area contributed by atoms with Crippen molar-refractivity contribution in [2.75, 3.05) is 0 Å². The van der Waals surface area contributed by atoms with Crippen molar-refractivity contribution in [3.8, 4) is 11.1 Å². The number of rotatable bonds is 3. The number of carbonyl (C=O) groups is 1. The molecule has 0 spiro atoms. The quantitative estimate of drug-likeness (QED) is 0.676. The first-order valence-corrected chi connectivity index (χ1v) is 6.16. The molecule has 20 heavy (non-hydrogen) atoms. The van der Waals surface area contributed by atoms with Crippen molar-refractivity contribution in [2.45, 2.75) is 6.61 Å². The van der Waals surface area contributed by atoms with Crippen LogP contribution in [0.2, 0.25) is 0 Å². The highest BCUT2D eigenvalue weighted by Crippen LogP contribution is 2.28. The van der Waals surface area contributed by atoms with Gasteiger partial charge in [-0.3, -0.25) is 4.79 Å². The molecule has 0 fully saturated rings. The van der Waals surface area contributed by atoms with Crippen LogP contribution >= 0.6 is 0 Å². The first kappa shape index (κ1) is 12.4. The van der Waals surface area contributed by atoms with Gasteiger partial charge in [0.15, 0.2) is 0 Å². The van der Waals surface area contributed by atoms with Gasteiger partial charge in [0.1, 0.15) is 5.65 Å². The van der Waals surface area contributed by atoms with Crippen LogP contribution in [0.25, 0.3) is 22.2 Å². The van der Waals surface area contributed by atoms with Crippen LogP contribution in [0.15, 0.2) is 42.7 Å². The topological polar surface area (TPSA) is 92.0 Å². The van der Waals surface area contributed by atoms with Gasteiger partial charge in [-0.1, -0.05) is 12.1 Å². The lowest BCUT2D eigenvalue weighted by atomic mass is 10.0. The second kappa shape index (κ2) is 4.79. The number of H-pyrrole nitrogens is 1. The lowest BCUT2D eigenvalue weighted by Gasteiger charge is -2.03. The Morgan fingerprint density at radius 2 is 2.20 bits per heavy atom. The largest absolute Gasteiger partial charge is 0.392 e. The number of pyridine rings is 1. The van der Waals surface area contributed by atoms with E-state index in [1.807, 2.05) is 18.3 Å². The summed E-state index contributed by atoms with van der Waals surface area (Å²) in [5.74, 6) is -0.458. The van der Waals surface area contributed by atoms with Gasteiger partial charge in [-0.05, 0) is 29.3 Å². The summed E-state index contributed by atoms with van der Waals surface area (Å²) in [7, 11) is 0. The number of aliphatic hydroxyl groups is 1. The normalized spacial score (nSPS) is 10.8. The molecule has 5 heteroatoms. The molecule has 4 N–H and O–H groups in total. The summed E-state index contributed by atoms with van der Waals surface area (Å²) < 4.78 is 0. The summed E-state index contributed by atoms with van der Waals surface area (Å²) in [6, 6.07) is 9.00. The Labute approximate surface area is 115 Å². The molecule has 0 saturated carbocycles. The first-order valence-electron chi connectivity index (χ1n) is 6.16. The molecule has 0 aliphatic carbocycles. The Kier molecular flexibility index (Phi) is 2.96. The number of hydrogen-bond donors (Lipinski definition) is 3. The van der Waals surface area contributed by atoms with Gasteiger partial charge < -0.3 is 15.8 Å². The van der Waals surface area contributed by atoms with Gasteiger partial charge in [-0.15, -0.1) is 0 Å². The number of fused-ring (bicyclic) bond motifs is 1. The van der Waals surface area contributed by atoms with Gasteiger partial charge in [-0.2, -0.15) is 0 Å². The smallest absolute Gasteiger partial charge is 0.248 e. The highest BCUT2D eigenvalue weighted by molar-refractivity contribution is 5.97. The van der Waals surface area contributed by atoms with E-state index >= 15 is 0 Å². The van der Waals surface area contributed by atoms with Crippen LogP contribution in [0.3, 0.4) is 0 Å². The zero-order chi connectivity index (χ0) is 14.1. The summed E-state index contributed by atoms with van der Waals surface area (Å²) in [4.78, 5) is 18.6. The maximum Gasteiger partial charge on any atom is 0.248 e. The molecule has 1 amide bonds. The van der Waals surface area contributed by atoms with Gasteiger partial charge in [0.05, 0.1) is 6.61 Å². The molecule has 3 aromatic rings. The molecule has 1 aromatic carbocycles. The van der Waals surface area contributed by atoms with Gasteiger partial charge >= 0.3 is 0 Å². The molecule has 0 bridgehead atoms. The third kappa shape index (κ3) is 2.04. The molecule has 3 rings (SSSR count). The number of benzene rings is 1. The zero-order valence-electron chi connectivity index (χ0n) is 10.6. The molecule has 5 nitrogen and oxygen atoms in total. The van der Waals surface area contributed by atoms with Gasteiger partial charge in [0, 0.05) is 28.9 Å². The predicted octanol–water partition coefficient (Wildman–Crippen LogP) is 1.82. The summed E-state index contributed by atoms with van der Waals surface area (Å²) in [5, 5.41) is 10.1. The van der Waals surface area contributed by atoms with Crippen molar-refractivity contribution >= 4 is 16.9 Å². The molecular formula is C15H13N3O2. The van der Waals surface area contributed by atoms with Crippen molar-refractivity contribution in [2.24, 2.45) is 5.73 Å². The summed E-state index contributed by atoms with van der Waals surface area (Å²) >= 11 is 0. The molecule has 0 radical (unpaired) electrons. The zero-order valence-corrected chi connectivity index (χ0v) is 10.6. The van der Waals surface area contributed by atoms with Crippen molar-refractivity contribution < 1.29 is 9.90 Å². The average molecular weight is 267 g/mol. The van der Waals surface area contributed by atoms with Crippen LogP contribution in [0, 0.1) is 0 Å². The highest BCUT2D eigenvalue weighted by Gasteiger charge is 2.09. The fraction of sp³-hybridized carbons (Fsp3) is 0.0667. The molecule has 100 valence electrons. The number of aromatic amines is 1. The van der Waals surface area contributed by atoms with E-state index in [2.05, 4.69) is 9.97 Å². The molecule has 0 atom stereocenters. The van der Waals surface area contributed by atoms with Crippen LogP contribution in [0.4, 0.5) is 0 Å². The van der Waals surface area contributed by atoms with E-state index in [4.69, 9.17) is 5.73 Å². The van der Waals surface area contributed by atoms with Crippen LogP contribution in [0.1, 0.15) is 15.9 Å². The number of hydrogen-bond acceptors (Lipinski definition) is 3. The van der Waals surface area contributed by atoms with Crippen molar-refractivity contribution in [3.63, 3.8) is 0 Å². The Morgan fingerprint density at radius 1 is 1.35 bits per heavy atom. The predicted molar refractivity (Wildman–Crippen MR) is 76.0 cm³/mol. The number of nitrogens with zero attached hydrogens (tertiary/aromatic N) is 1. The second-order valence-electron chi connectivity index (χ2n) is 4.55. The summed E-state index contributed by atoms with van der Waals surface area (Å²) in [6.07, 6.45) is 3.46. The van der Waals surface area contributed by atoms with E-state index in [1.54, 1.807) is 24.4 Å². The first-order chi connectivity index (χ1) is 9.69. The number of nitrogens with two attached hydrogens (primary N) is 1. The standard InChI is InChI=1S/C15H13N3O2/c16-14(20)11-3-1-2-10(5-11)13-7-18-15-12(13)4-9(8-19)6-17-15/h1-7,19H,8H2,(H2,16,20)(H,17,18). The maximum absolute atomic E-state index is 11.3. The van der Waals surface area contributed by atoms with E-state index < -0.39 is 5.91 Å². The monoisotopic (exact) mass is 267 g/mol. The van der Waals surface area contributed by atoms with Crippen LogP contribution in [-0.2, 0) is 6.61 Å². The number of carbonyl (C=O) groups excluding carboxylic acids is 1. The Hall–Kier alpha value is -2.66. The van der Waals surface area contributed by atoms with Gasteiger partial charge in [0.25, 0.3) is 0 Å². The highest BCUT2D eigenvalue weighted by atomic mass is 16.3. The molecule has 2 heterocycles. The fourth-order valence-electron chi connectivity index (χ4n) is 2.21. The van der Waals surface area contributed by atoms with Crippen molar-refractivity contribution in [3.05, 3.63) is 53.9 Å². The Balaban J connectivity index is 2.18. The number of nitrogens with one attached hydrogen (secondary N) is 1. The van der Waals surface area contributed by atoms with Crippen LogP contribution in [0.5, 0.6) is 0 Å². The van der Waals surface area contributed by atoms with Crippen molar-refractivity contribution in [1.82, 2.24) is 9.97 Å².